The summed E-state index contributed by atoms with van der Waals surface area (Å²) in [6.45, 7) is 1.79. The van der Waals surface area contributed by atoms with Crippen LogP contribution < -0.4 is 5.32 Å². The first-order valence-corrected chi connectivity index (χ1v) is 8.25. The maximum absolute atomic E-state index is 12.3. The Bertz CT molecular complexity index is 869. The first-order valence-electron chi connectivity index (χ1n) is 6.61. The molecule has 0 unspecified atom stereocenters. The van der Waals surface area contributed by atoms with E-state index in [1.807, 2.05) is 0 Å². The van der Waals surface area contributed by atoms with Gasteiger partial charge in [0.25, 0.3) is 0 Å². The number of hydrogen-bond donors (Lipinski definition) is 2. The number of amides is 1. The number of halogens is 2. The number of hydrogen-bond acceptors (Lipinski definition) is 5. The van der Waals surface area contributed by atoms with E-state index in [0.717, 1.165) is 0 Å². The fourth-order valence-electron chi connectivity index (χ4n) is 1.87. The second kappa shape index (κ2) is 6.74. The van der Waals surface area contributed by atoms with Crippen molar-refractivity contribution in [2.45, 2.75) is 17.2 Å². The van der Waals surface area contributed by atoms with Gasteiger partial charge < -0.3 is 10.3 Å². The van der Waals surface area contributed by atoms with Crippen molar-refractivity contribution < 1.29 is 4.79 Å². The average Bonchev–Trinajstić information content (AvgIpc) is 3.00. The monoisotopic (exact) mass is 367 g/mol. The van der Waals surface area contributed by atoms with Crippen molar-refractivity contribution in [1.29, 1.82) is 0 Å². The smallest absolute Gasteiger partial charge is 0.237 e. The molecule has 0 spiro atoms. The summed E-state index contributed by atoms with van der Waals surface area (Å²) in [4.78, 5) is 27.6. The van der Waals surface area contributed by atoms with Crippen LogP contribution >= 0.6 is 35.0 Å². The Balaban J connectivity index is 1.72. The largest absolute Gasteiger partial charge is 0.341 e. The highest BCUT2D eigenvalue weighted by Crippen LogP contribution is 2.28. The van der Waals surface area contributed by atoms with Crippen LogP contribution in [0, 0.1) is 0 Å². The highest BCUT2D eigenvalue weighted by atomic mass is 35.5. The molecule has 2 N–H and O–H groups in total. The molecule has 1 aromatic carbocycles. The van der Waals surface area contributed by atoms with Crippen molar-refractivity contribution in [3.63, 3.8) is 0 Å². The topological polar surface area (TPSA) is 83.6 Å². The average molecular weight is 368 g/mol. The highest BCUT2D eigenvalue weighted by Gasteiger charge is 2.18. The SMILES string of the molecule is C[C@H](Sc1ncnc2nc[nH]c12)C(=O)Nc1ccc(Cl)c(Cl)c1. The lowest BCUT2D eigenvalue weighted by Crippen LogP contribution is -2.22. The second-order valence-corrected chi connectivity index (χ2v) is 6.80. The summed E-state index contributed by atoms with van der Waals surface area (Å²) < 4.78 is 0. The zero-order valence-electron chi connectivity index (χ0n) is 11.9. The molecular weight excluding hydrogens is 357 g/mol. The van der Waals surface area contributed by atoms with Crippen molar-refractivity contribution >= 4 is 57.7 Å². The van der Waals surface area contributed by atoms with E-state index in [9.17, 15) is 4.79 Å². The van der Waals surface area contributed by atoms with E-state index in [1.165, 1.54) is 18.1 Å². The summed E-state index contributed by atoms with van der Waals surface area (Å²) in [5, 5.41) is 3.93. The van der Waals surface area contributed by atoms with E-state index in [-0.39, 0.29) is 11.2 Å². The van der Waals surface area contributed by atoms with Crippen molar-refractivity contribution in [2.75, 3.05) is 5.32 Å². The number of aromatic nitrogens is 4. The Kier molecular flexibility index (Phi) is 4.70. The number of imidazole rings is 1. The van der Waals surface area contributed by atoms with Crippen LogP contribution in [0.5, 0.6) is 0 Å². The number of nitrogens with one attached hydrogen (secondary N) is 2. The van der Waals surface area contributed by atoms with Gasteiger partial charge in [0.1, 0.15) is 16.9 Å². The molecule has 9 heteroatoms. The Morgan fingerprint density at radius 1 is 1.26 bits per heavy atom. The quantitative estimate of drug-likeness (QED) is 0.541. The third-order valence-electron chi connectivity index (χ3n) is 3.03. The van der Waals surface area contributed by atoms with Crippen LogP contribution in [-0.4, -0.2) is 31.1 Å². The molecule has 0 fully saturated rings. The van der Waals surface area contributed by atoms with Crippen molar-refractivity contribution in [3.8, 4) is 0 Å². The first-order chi connectivity index (χ1) is 11.0. The number of benzene rings is 1. The lowest BCUT2D eigenvalue weighted by atomic mass is 10.3. The van der Waals surface area contributed by atoms with E-state index in [2.05, 4.69) is 25.3 Å². The number of carbonyl (C=O) groups is 1. The molecule has 0 aliphatic heterocycles. The summed E-state index contributed by atoms with van der Waals surface area (Å²) in [7, 11) is 0. The van der Waals surface area contributed by atoms with E-state index in [1.54, 1.807) is 31.5 Å². The van der Waals surface area contributed by atoms with Crippen molar-refractivity contribution in [3.05, 3.63) is 40.9 Å². The molecule has 118 valence electrons. The number of nitrogens with zero attached hydrogens (tertiary/aromatic N) is 3. The predicted octanol–water partition coefficient (Wildman–Crippen LogP) is 3.78. The lowest BCUT2D eigenvalue weighted by molar-refractivity contribution is -0.115. The molecule has 2 heterocycles. The van der Waals surface area contributed by atoms with E-state index < -0.39 is 0 Å². The summed E-state index contributed by atoms with van der Waals surface area (Å²) >= 11 is 13.1. The van der Waals surface area contributed by atoms with E-state index >= 15 is 0 Å². The zero-order valence-corrected chi connectivity index (χ0v) is 14.2. The molecule has 0 radical (unpaired) electrons. The van der Waals surface area contributed by atoms with Gasteiger partial charge in [0.15, 0.2) is 5.65 Å². The molecule has 3 rings (SSSR count). The Hall–Kier alpha value is -1.83. The summed E-state index contributed by atoms with van der Waals surface area (Å²) in [6, 6.07) is 4.94. The minimum absolute atomic E-state index is 0.167. The van der Waals surface area contributed by atoms with Gasteiger partial charge in [-0.15, -0.1) is 0 Å². The molecule has 0 aliphatic carbocycles. The number of fused-ring (bicyclic) bond motifs is 1. The molecule has 3 aromatic rings. The van der Waals surface area contributed by atoms with Crippen LogP contribution in [0.4, 0.5) is 5.69 Å². The number of rotatable bonds is 4. The van der Waals surface area contributed by atoms with Gasteiger partial charge in [-0.05, 0) is 25.1 Å². The van der Waals surface area contributed by atoms with Gasteiger partial charge in [-0.3, -0.25) is 4.79 Å². The van der Waals surface area contributed by atoms with Gasteiger partial charge in [0, 0.05) is 5.69 Å². The molecule has 0 bridgehead atoms. The van der Waals surface area contributed by atoms with Crippen LogP contribution in [0.15, 0.2) is 35.9 Å². The first kappa shape index (κ1) is 16.0. The Labute approximate surface area is 146 Å². The Morgan fingerprint density at radius 2 is 2.09 bits per heavy atom. The third kappa shape index (κ3) is 3.57. The molecule has 0 aliphatic rings. The number of thioether (sulfide) groups is 1. The van der Waals surface area contributed by atoms with Crippen molar-refractivity contribution in [1.82, 2.24) is 19.9 Å². The van der Waals surface area contributed by atoms with Crippen LogP contribution in [0.3, 0.4) is 0 Å². The standard InChI is InChI=1S/C14H11Cl2N5OS/c1-7(13(22)21-8-2-3-9(15)10(16)4-8)23-14-11-12(18-5-17-11)19-6-20-14/h2-7H,1H3,(H,21,22)(H,17,18,19,20)/t7-/m0/s1. The van der Waals surface area contributed by atoms with Crippen LogP contribution in [0.2, 0.25) is 10.0 Å². The number of carbonyl (C=O) groups excluding carboxylic acids is 1. The predicted molar refractivity (Wildman–Crippen MR) is 92.1 cm³/mol. The van der Waals surface area contributed by atoms with E-state index in [0.29, 0.717) is 31.9 Å². The zero-order chi connectivity index (χ0) is 16.4. The number of aromatic amines is 1. The van der Waals surface area contributed by atoms with Gasteiger partial charge in [-0.25, -0.2) is 15.0 Å². The van der Waals surface area contributed by atoms with Crippen LogP contribution in [0.1, 0.15) is 6.92 Å². The maximum Gasteiger partial charge on any atom is 0.237 e. The fourth-order valence-corrected chi connectivity index (χ4v) is 3.05. The third-order valence-corrected chi connectivity index (χ3v) is 4.87. The molecule has 1 amide bonds. The maximum atomic E-state index is 12.3. The van der Waals surface area contributed by atoms with Crippen LogP contribution in [-0.2, 0) is 4.79 Å². The number of anilines is 1. The van der Waals surface area contributed by atoms with Gasteiger partial charge >= 0.3 is 0 Å². The normalized spacial score (nSPS) is 12.3. The van der Waals surface area contributed by atoms with Crippen LogP contribution in [0.25, 0.3) is 11.2 Å². The molecule has 0 saturated heterocycles. The van der Waals surface area contributed by atoms with Gasteiger partial charge in [-0.2, -0.15) is 0 Å². The van der Waals surface area contributed by atoms with Crippen molar-refractivity contribution in [2.24, 2.45) is 0 Å². The molecular formula is C14H11Cl2N5OS. The second-order valence-electron chi connectivity index (χ2n) is 4.66. The van der Waals surface area contributed by atoms with Gasteiger partial charge in [0.05, 0.1) is 21.6 Å². The molecule has 0 saturated carbocycles. The lowest BCUT2D eigenvalue weighted by Gasteiger charge is -2.12. The van der Waals surface area contributed by atoms with Gasteiger partial charge in [0.2, 0.25) is 5.91 Å². The minimum Gasteiger partial charge on any atom is -0.341 e. The van der Waals surface area contributed by atoms with Gasteiger partial charge in [-0.1, -0.05) is 35.0 Å². The fraction of sp³-hybridized carbons (Fsp3) is 0.143. The molecule has 2 aromatic heterocycles. The summed E-state index contributed by atoms with van der Waals surface area (Å²) in [6.07, 6.45) is 2.97. The molecule has 6 nitrogen and oxygen atoms in total. The molecule has 23 heavy (non-hydrogen) atoms. The summed E-state index contributed by atoms with van der Waals surface area (Å²) in [5.74, 6) is -0.167. The Morgan fingerprint density at radius 3 is 2.87 bits per heavy atom. The summed E-state index contributed by atoms with van der Waals surface area (Å²) in [5.41, 5.74) is 1.87. The van der Waals surface area contributed by atoms with E-state index in [4.69, 9.17) is 23.2 Å². The minimum atomic E-state index is -0.370. The highest BCUT2D eigenvalue weighted by molar-refractivity contribution is 8.00. The number of H-pyrrole nitrogens is 1. The molecule has 1 atom stereocenters.